The van der Waals surface area contributed by atoms with Crippen LogP contribution >= 0.6 is 0 Å². The lowest BCUT2D eigenvalue weighted by molar-refractivity contribution is -0.123. The van der Waals surface area contributed by atoms with Crippen LogP contribution in [-0.2, 0) is 4.79 Å². The third-order valence-electron chi connectivity index (χ3n) is 3.92. The van der Waals surface area contributed by atoms with Gasteiger partial charge in [0.15, 0.2) is 0 Å². The Balaban J connectivity index is 2.12. The highest BCUT2D eigenvalue weighted by Gasteiger charge is 2.27. The molecular weight excluding hydrogens is 253 g/mol. The van der Waals surface area contributed by atoms with Crippen molar-refractivity contribution < 1.29 is 9.18 Å². The SMILES string of the molecule is Cc1ccc([C@@H](CNCC2CC2)C(=O)C(C)C)c(F)c1. The smallest absolute Gasteiger partial charge is 0.144 e. The molecule has 1 aliphatic rings. The van der Waals surface area contributed by atoms with Gasteiger partial charge in [0.1, 0.15) is 11.6 Å². The van der Waals surface area contributed by atoms with Gasteiger partial charge in [-0.1, -0.05) is 26.0 Å². The van der Waals surface area contributed by atoms with Crippen molar-refractivity contribution in [2.45, 2.75) is 39.5 Å². The number of ketones is 1. The molecule has 1 aliphatic carbocycles. The Morgan fingerprint density at radius 3 is 2.65 bits per heavy atom. The minimum atomic E-state index is -0.380. The molecule has 1 aromatic carbocycles. The van der Waals surface area contributed by atoms with Gasteiger partial charge in [-0.2, -0.15) is 0 Å². The zero-order valence-electron chi connectivity index (χ0n) is 12.6. The maximum Gasteiger partial charge on any atom is 0.144 e. The van der Waals surface area contributed by atoms with Gasteiger partial charge in [0.2, 0.25) is 0 Å². The molecule has 1 saturated carbocycles. The number of halogens is 1. The molecule has 0 saturated heterocycles. The number of carbonyl (C=O) groups excluding carboxylic acids is 1. The predicted octanol–water partition coefficient (Wildman–Crippen LogP) is 3.44. The first-order chi connectivity index (χ1) is 9.49. The van der Waals surface area contributed by atoms with Crippen LogP contribution in [0.15, 0.2) is 18.2 Å². The third kappa shape index (κ3) is 3.89. The van der Waals surface area contributed by atoms with E-state index in [4.69, 9.17) is 0 Å². The van der Waals surface area contributed by atoms with Crippen LogP contribution < -0.4 is 5.32 Å². The van der Waals surface area contributed by atoms with E-state index in [2.05, 4.69) is 5.32 Å². The summed E-state index contributed by atoms with van der Waals surface area (Å²) in [7, 11) is 0. The summed E-state index contributed by atoms with van der Waals surface area (Å²) in [5, 5.41) is 3.34. The molecule has 3 heteroatoms. The third-order valence-corrected chi connectivity index (χ3v) is 3.92. The summed E-state index contributed by atoms with van der Waals surface area (Å²) in [6, 6.07) is 5.14. The van der Waals surface area contributed by atoms with E-state index in [0.29, 0.717) is 12.1 Å². The number of hydrogen-bond acceptors (Lipinski definition) is 2. The summed E-state index contributed by atoms with van der Waals surface area (Å²) < 4.78 is 14.1. The predicted molar refractivity (Wildman–Crippen MR) is 79.3 cm³/mol. The molecule has 0 aromatic heterocycles. The number of benzene rings is 1. The van der Waals surface area contributed by atoms with Crippen molar-refractivity contribution in [3.63, 3.8) is 0 Å². The van der Waals surface area contributed by atoms with Crippen LogP contribution in [-0.4, -0.2) is 18.9 Å². The molecule has 1 aromatic rings. The summed E-state index contributed by atoms with van der Waals surface area (Å²) in [5.41, 5.74) is 1.41. The topological polar surface area (TPSA) is 29.1 Å². The fraction of sp³-hybridized carbons (Fsp3) is 0.588. The van der Waals surface area contributed by atoms with E-state index >= 15 is 0 Å². The number of nitrogens with one attached hydrogen (secondary N) is 1. The van der Waals surface area contributed by atoms with Gasteiger partial charge in [-0.25, -0.2) is 4.39 Å². The highest BCUT2D eigenvalue weighted by molar-refractivity contribution is 5.87. The first kappa shape index (κ1) is 15.2. The van der Waals surface area contributed by atoms with Crippen LogP contribution in [0.3, 0.4) is 0 Å². The van der Waals surface area contributed by atoms with Crippen LogP contribution in [0.1, 0.15) is 43.7 Å². The van der Waals surface area contributed by atoms with E-state index in [1.807, 2.05) is 26.8 Å². The van der Waals surface area contributed by atoms with E-state index < -0.39 is 0 Å². The Kier molecular flexibility index (Phi) is 4.92. The van der Waals surface area contributed by atoms with Crippen molar-refractivity contribution in [3.8, 4) is 0 Å². The number of Topliss-reactive ketones (excluding diaryl/α,β-unsaturated/α-hetero) is 1. The Morgan fingerprint density at radius 2 is 2.10 bits per heavy atom. The Labute approximate surface area is 120 Å². The van der Waals surface area contributed by atoms with Crippen molar-refractivity contribution >= 4 is 5.78 Å². The molecule has 2 rings (SSSR count). The van der Waals surface area contributed by atoms with Crippen molar-refractivity contribution in [1.82, 2.24) is 5.32 Å². The van der Waals surface area contributed by atoms with Crippen LogP contribution in [0.2, 0.25) is 0 Å². The first-order valence-corrected chi connectivity index (χ1v) is 7.49. The Bertz CT molecular complexity index is 480. The molecule has 1 N–H and O–H groups in total. The molecule has 0 bridgehead atoms. The molecule has 1 fully saturated rings. The number of hydrogen-bond donors (Lipinski definition) is 1. The van der Waals surface area contributed by atoms with E-state index in [9.17, 15) is 9.18 Å². The van der Waals surface area contributed by atoms with Crippen LogP contribution in [0.4, 0.5) is 4.39 Å². The molecule has 20 heavy (non-hydrogen) atoms. The normalized spacial score (nSPS) is 16.4. The van der Waals surface area contributed by atoms with E-state index in [-0.39, 0.29) is 23.4 Å². The monoisotopic (exact) mass is 277 g/mol. The second-order valence-electron chi connectivity index (χ2n) is 6.24. The molecule has 2 nitrogen and oxygen atoms in total. The van der Waals surface area contributed by atoms with Crippen molar-refractivity contribution in [3.05, 3.63) is 35.1 Å². The quantitative estimate of drug-likeness (QED) is 0.827. The van der Waals surface area contributed by atoms with Gasteiger partial charge in [-0.05, 0) is 49.4 Å². The number of rotatable bonds is 7. The van der Waals surface area contributed by atoms with Crippen LogP contribution in [0, 0.1) is 24.6 Å². The van der Waals surface area contributed by atoms with E-state index in [1.54, 1.807) is 6.07 Å². The summed E-state index contributed by atoms with van der Waals surface area (Å²) in [5.74, 6) is 0.138. The second-order valence-corrected chi connectivity index (χ2v) is 6.24. The molecule has 110 valence electrons. The fourth-order valence-electron chi connectivity index (χ4n) is 2.43. The standard InChI is InChI=1S/C17H24FNO/c1-11(2)17(20)15(10-19-9-13-5-6-13)14-7-4-12(3)8-16(14)18/h4,7-8,11,13,15,19H,5-6,9-10H2,1-3H3/t15-/m1/s1. The molecule has 0 aliphatic heterocycles. The Morgan fingerprint density at radius 1 is 1.40 bits per heavy atom. The van der Waals surface area contributed by atoms with Crippen molar-refractivity contribution in [2.24, 2.45) is 11.8 Å². The van der Waals surface area contributed by atoms with E-state index in [1.165, 1.54) is 18.9 Å². The van der Waals surface area contributed by atoms with Gasteiger partial charge in [-0.3, -0.25) is 4.79 Å². The minimum Gasteiger partial charge on any atom is -0.315 e. The second kappa shape index (κ2) is 6.49. The largest absolute Gasteiger partial charge is 0.315 e. The molecule has 0 radical (unpaired) electrons. The number of carbonyl (C=O) groups is 1. The highest BCUT2D eigenvalue weighted by Crippen LogP contribution is 2.28. The lowest BCUT2D eigenvalue weighted by Gasteiger charge is -2.20. The first-order valence-electron chi connectivity index (χ1n) is 7.49. The lowest BCUT2D eigenvalue weighted by Crippen LogP contribution is -2.31. The van der Waals surface area contributed by atoms with E-state index in [0.717, 1.165) is 18.0 Å². The van der Waals surface area contributed by atoms with Gasteiger partial charge in [0.05, 0.1) is 5.92 Å². The summed E-state index contributed by atoms with van der Waals surface area (Å²) in [6.45, 7) is 7.09. The van der Waals surface area contributed by atoms with Gasteiger partial charge in [0, 0.05) is 12.5 Å². The van der Waals surface area contributed by atoms with Crippen molar-refractivity contribution in [1.29, 1.82) is 0 Å². The summed E-state index contributed by atoms with van der Waals surface area (Å²) in [6.07, 6.45) is 2.55. The Hall–Kier alpha value is -1.22. The average Bonchev–Trinajstić information content (AvgIpc) is 3.19. The maximum atomic E-state index is 14.1. The summed E-state index contributed by atoms with van der Waals surface area (Å²) in [4.78, 5) is 12.4. The molecule has 0 spiro atoms. The van der Waals surface area contributed by atoms with Gasteiger partial charge >= 0.3 is 0 Å². The highest BCUT2D eigenvalue weighted by atomic mass is 19.1. The van der Waals surface area contributed by atoms with Gasteiger partial charge < -0.3 is 5.32 Å². The van der Waals surface area contributed by atoms with Gasteiger partial charge in [-0.15, -0.1) is 0 Å². The molecule has 0 heterocycles. The van der Waals surface area contributed by atoms with Gasteiger partial charge in [0.25, 0.3) is 0 Å². The molecule has 1 atom stereocenters. The number of aryl methyl sites for hydroxylation is 1. The molecular formula is C17H24FNO. The maximum absolute atomic E-state index is 14.1. The lowest BCUT2D eigenvalue weighted by atomic mass is 9.88. The fourth-order valence-corrected chi connectivity index (χ4v) is 2.43. The minimum absolute atomic E-state index is 0.0802. The van der Waals surface area contributed by atoms with Crippen LogP contribution in [0.5, 0.6) is 0 Å². The summed E-state index contributed by atoms with van der Waals surface area (Å²) >= 11 is 0. The molecule has 0 unspecified atom stereocenters. The van der Waals surface area contributed by atoms with Crippen LogP contribution in [0.25, 0.3) is 0 Å². The zero-order chi connectivity index (χ0) is 14.7. The zero-order valence-corrected chi connectivity index (χ0v) is 12.6. The average molecular weight is 277 g/mol. The molecule has 0 amide bonds. The van der Waals surface area contributed by atoms with Crippen molar-refractivity contribution in [2.75, 3.05) is 13.1 Å².